The summed E-state index contributed by atoms with van der Waals surface area (Å²) in [5.41, 5.74) is 1.60. The van der Waals surface area contributed by atoms with Crippen molar-refractivity contribution in [2.75, 3.05) is 13.6 Å². The summed E-state index contributed by atoms with van der Waals surface area (Å²) < 4.78 is 2.49. The molecule has 0 bridgehead atoms. The summed E-state index contributed by atoms with van der Waals surface area (Å²) in [6.45, 7) is 3.59. The third kappa shape index (κ3) is 7.89. The predicted octanol–water partition coefficient (Wildman–Crippen LogP) is 5.17. The van der Waals surface area contributed by atoms with E-state index in [1.165, 1.54) is 90.0 Å². The minimum Gasteiger partial charge on any atom is -0.240 e. The first-order chi connectivity index (χ1) is 8.80. The van der Waals surface area contributed by atoms with Crippen LogP contribution in [0.5, 0.6) is 0 Å². The maximum atomic E-state index is 2.49. The molecular weight excluding hydrogens is 218 g/mol. The Balaban J connectivity index is 2.29. The van der Waals surface area contributed by atoms with E-state index in [0.717, 1.165) is 0 Å². The lowest BCUT2D eigenvalue weighted by molar-refractivity contribution is -0.499. The lowest BCUT2D eigenvalue weighted by Crippen LogP contribution is -2.16. The van der Waals surface area contributed by atoms with Gasteiger partial charge in [0.25, 0.3) is 0 Å². The SMILES string of the molecule is CC1=[N+](C)CCCCCCCCCCCCCC1. The van der Waals surface area contributed by atoms with Crippen LogP contribution in [0.2, 0.25) is 0 Å². The molecule has 0 saturated carbocycles. The highest BCUT2D eigenvalue weighted by atomic mass is 15.0. The van der Waals surface area contributed by atoms with Crippen molar-refractivity contribution in [3.05, 3.63) is 0 Å². The molecule has 0 aromatic carbocycles. The molecule has 0 N–H and O–H groups in total. The van der Waals surface area contributed by atoms with Crippen LogP contribution >= 0.6 is 0 Å². The van der Waals surface area contributed by atoms with Crippen LogP contribution in [-0.2, 0) is 0 Å². The van der Waals surface area contributed by atoms with Crippen LogP contribution in [0.4, 0.5) is 0 Å². The molecule has 0 unspecified atom stereocenters. The first-order valence-electron chi connectivity index (χ1n) is 8.34. The molecule has 1 nitrogen and oxygen atoms in total. The van der Waals surface area contributed by atoms with E-state index in [2.05, 4.69) is 18.5 Å². The van der Waals surface area contributed by atoms with Gasteiger partial charge in [0.15, 0.2) is 0 Å². The Labute approximate surface area is 115 Å². The first kappa shape index (κ1) is 15.7. The second kappa shape index (κ2) is 10.6. The summed E-state index contributed by atoms with van der Waals surface area (Å²) in [5.74, 6) is 0. The van der Waals surface area contributed by atoms with Crippen LogP contribution in [0.1, 0.15) is 90.4 Å². The highest BCUT2D eigenvalue weighted by molar-refractivity contribution is 5.76. The van der Waals surface area contributed by atoms with E-state index in [1.54, 1.807) is 5.71 Å². The highest BCUT2D eigenvalue weighted by Gasteiger charge is 2.05. The average molecular weight is 252 g/mol. The van der Waals surface area contributed by atoms with Gasteiger partial charge >= 0.3 is 0 Å². The van der Waals surface area contributed by atoms with Crippen molar-refractivity contribution >= 4 is 5.71 Å². The van der Waals surface area contributed by atoms with Crippen molar-refractivity contribution < 1.29 is 4.58 Å². The van der Waals surface area contributed by atoms with Crippen molar-refractivity contribution in [2.45, 2.75) is 90.4 Å². The second-order valence-electron chi connectivity index (χ2n) is 6.15. The molecule has 1 aliphatic rings. The van der Waals surface area contributed by atoms with Crippen molar-refractivity contribution in [1.29, 1.82) is 0 Å². The largest absolute Gasteiger partial charge is 0.240 e. The van der Waals surface area contributed by atoms with E-state index in [9.17, 15) is 0 Å². The molecule has 0 aromatic rings. The highest BCUT2D eigenvalue weighted by Crippen LogP contribution is 2.13. The summed E-state index contributed by atoms with van der Waals surface area (Å²) in [6, 6.07) is 0. The molecule has 0 amide bonds. The molecule has 0 aliphatic carbocycles. The topological polar surface area (TPSA) is 3.01 Å². The fraction of sp³-hybridized carbons (Fsp3) is 0.941. The van der Waals surface area contributed by atoms with E-state index in [1.807, 2.05) is 0 Å². The number of hydrogen-bond acceptors (Lipinski definition) is 0. The van der Waals surface area contributed by atoms with Gasteiger partial charge in [-0.2, -0.15) is 0 Å². The number of nitrogens with zero attached hydrogens (tertiary/aromatic N) is 1. The lowest BCUT2D eigenvalue weighted by Gasteiger charge is -2.06. The van der Waals surface area contributed by atoms with E-state index in [-0.39, 0.29) is 0 Å². The number of hydrogen-bond donors (Lipinski definition) is 0. The van der Waals surface area contributed by atoms with Crippen molar-refractivity contribution in [3.8, 4) is 0 Å². The molecule has 1 heteroatoms. The molecule has 0 saturated heterocycles. The summed E-state index contributed by atoms with van der Waals surface area (Å²) in [6.07, 6.45) is 18.7. The molecule has 0 radical (unpaired) electrons. The van der Waals surface area contributed by atoms with Crippen molar-refractivity contribution in [2.24, 2.45) is 0 Å². The molecule has 18 heavy (non-hydrogen) atoms. The van der Waals surface area contributed by atoms with E-state index >= 15 is 0 Å². The van der Waals surface area contributed by atoms with Gasteiger partial charge in [-0.3, -0.25) is 0 Å². The van der Waals surface area contributed by atoms with Crippen molar-refractivity contribution in [1.82, 2.24) is 0 Å². The molecule has 0 atom stereocenters. The quantitative estimate of drug-likeness (QED) is 0.523. The Bertz CT molecular complexity index is 206. The molecule has 1 heterocycles. The van der Waals surface area contributed by atoms with Crippen LogP contribution in [0.15, 0.2) is 0 Å². The van der Waals surface area contributed by atoms with E-state index in [4.69, 9.17) is 0 Å². The Morgan fingerprint density at radius 1 is 0.611 bits per heavy atom. The number of rotatable bonds is 0. The maximum absolute atomic E-state index is 2.49. The summed E-state index contributed by atoms with van der Waals surface area (Å²) in [5, 5.41) is 0. The monoisotopic (exact) mass is 252 g/mol. The smallest absolute Gasteiger partial charge is 0.148 e. The third-order valence-corrected chi connectivity index (χ3v) is 4.43. The normalized spacial score (nSPS) is 23.0. The lowest BCUT2D eigenvalue weighted by atomic mass is 10.0. The van der Waals surface area contributed by atoms with Gasteiger partial charge in [0.2, 0.25) is 0 Å². The van der Waals surface area contributed by atoms with Crippen LogP contribution in [-0.4, -0.2) is 23.9 Å². The van der Waals surface area contributed by atoms with Gasteiger partial charge in [-0.15, -0.1) is 0 Å². The third-order valence-electron chi connectivity index (χ3n) is 4.43. The summed E-state index contributed by atoms with van der Waals surface area (Å²) in [7, 11) is 2.28. The molecule has 0 spiro atoms. The minimum atomic E-state index is 1.27. The summed E-state index contributed by atoms with van der Waals surface area (Å²) >= 11 is 0. The molecule has 0 fully saturated rings. The Morgan fingerprint density at radius 3 is 1.50 bits per heavy atom. The molecule has 106 valence electrons. The van der Waals surface area contributed by atoms with Gasteiger partial charge in [0.1, 0.15) is 19.3 Å². The van der Waals surface area contributed by atoms with Crippen LogP contribution < -0.4 is 0 Å². The van der Waals surface area contributed by atoms with Gasteiger partial charge in [0.05, 0.1) is 0 Å². The fourth-order valence-corrected chi connectivity index (χ4v) is 2.88. The zero-order valence-corrected chi connectivity index (χ0v) is 12.8. The van der Waals surface area contributed by atoms with Gasteiger partial charge in [-0.1, -0.05) is 57.8 Å². The zero-order valence-electron chi connectivity index (χ0n) is 12.8. The second-order valence-corrected chi connectivity index (χ2v) is 6.15. The van der Waals surface area contributed by atoms with Crippen LogP contribution in [0, 0.1) is 0 Å². The Kier molecular flexibility index (Phi) is 9.24. The van der Waals surface area contributed by atoms with Crippen LogP contribution in [0.25, 0.3) is 0 Å². The molecular formula is C17H34N+. The molecule has 1 rings (SSSR count). The van der Waals surface area contributed by atoms with E-state index in [0.29, 0.717) is 0 Å². The molecule has 1 aliphatic heterocycles. The average Bonchev–Trinajstić information content (AvgIpc) is 2.37. The minimum absolute atomic E-state index is 1.27. The van der Waals surface area contributed by atoms with Gasteiger partial charge in [0, 0.05) is 19.8 Å². The Hall–Kier alpha value is -0.330. The Morgan fingerprint density at radius 2 is 1.00 bits per heavy atom. The predicted molar refractivity (Wildman–Crippen MR) is 81.8 cm³/mol. The zero-order chi connectivity index (χ0) is 13.1. The van der Waals surface area contributed by atoms with Crippen LogP contribution in [0.3, 0.4) is 0 Å². The maximum Gasteiger partial charge on any atom is 0.148 e. The fourth-order valence-electron chi connectivity index (χ4n) is 2.88. The van der Waals surface area contributed by atoms with Gasteiger partial charge in [-0.25, -0.2) is 4.58 Å². The first-order valence-corrected chi connectivity index (χ1v) is 8.34. The van der Waals surface area contributed by atoms with Gasteiger partial charge < -0.3 is 0 Å². The van der Waals surface area contributed by atoms with E-state index < -0.39 is 0 Å². The van der Waals surface area contributed by atoms with Gasteiger partial charge in [-0.05, 0) is 12.8 Å². The molecule has 0 aromatic heterocycles. The summed E-state index contributed by atoms with van der Waals surface area (Å²) in [4.78, 5) is 0. The van der Waals surface area contributed by atoms with Crippen molar-refractivity contribution in [3.63, 3.8) is 0 Å². The standard InChI is InChI=1S/C17H34N/c1-17-15-13-11-9-7-5-3-4-6-8-10-12-14-16-18(17)2/h3-16H2,1-2H3/q+1.